The van der Waals surface area contributed by atoms with Gasteiger partial charge in [-0.05, 0) is 28.1 Å². The van der Waals surface area contributed by atoms with Crippen LogP contribution in [0.1, 0.15) is 17.0 Å². The maximum atomic E-state index is 11.2. The monoisotopic (exact) mass is 411 g/mol. The Labute approximate surface area is 163 Å². The molecule has 0 saturated heterocycles. The Kier molecular flexibility index (Phi) is 5.41. The van der Waals surface area contributed by atoms with Gasteiger partial charge in [0.05, 0.1) is 16.0 Å². The lowest BCUT2D eigenvalue weighted by atomic mass is 9.82. The molecule has 7 nitrogen and oxygen atoms in total. The molecule has 0 spiro atoms. The van der Waals surface area contributed by atoms with Crippen molar-refractivity contribution in [3.63, 3.8) is 0 Å². The quantitative estimate of drug-likeness (QED) is 0.699. The number of ether oxygens (including phenoxy) is 1. The van der Waals surface area contributed by atoms with Gasteiger partial charge in [0.15, 0.2) is 0 Å². The van der Waals surface area contributed by atoms with E-state index >= 15 is 0 Å². The highest BCUT2D eigenvalue weighted by molar-refractivity contribution is 6.42. The molecule has 1 unspecified atom stereocenters. The molecule has 0 radical (unpaired) electrons. The van der Waals surface area contributed by atoms with Gasteiger partial charge < -0.3 is 10.5 Å². The van der Waals surface area contributed by atoms with Crippen LogP contribution in [0.3, 0.4) is 0 Å². The summed E-state index contributed by atoms with van der Waals surface area (Å²) in [7, 11) is 0. The van der Waals surface area contributed by atoms with Crippen LogP contribution >= 0.6 is 34.8 Å². The van der Waals surface area contributed by atoms with Gasteiger partial charge in [0.1, 0.15) is 6.61 Å². The van der Waals surface area contributed by atoms with Crippen LogP contribution < -0.4 is 5.73 Å². The predicted octanol–water partition coefficient (Wildman–Crippen LogP) is 5.51. The number of halogens is 3. The molecule has 0 aromatic heterocycles. The zero-order valence-electron chi connectivity index (χ0n) is 13.1. The molecule has 1 atom stereocenters. The molecule has 134 valence electrons. The topological polar surface area (TPSA) is 102 Å². The number of primary amides is 1. The molecular formula is C16H12Cl3N5O2. The van der Waals surface area contributed by atoms with Crippen molar-refractivity contribution in [1.82, 2.24) is 0 Å². The summed E-state index contributed by atoms with van der Waals surface area (Å²) in [4.78, 5) is 11.2. The Bertz CT molecular complexity index is 891. The van der Waals surface area contributed by atoms with Crippen molar-refractivity contribution in [3.05, 3.63) is 68.7 Å². The molecule has 1 aliphatic rings. The van der Waals surface area contributed by atoms with Crippen molar-refractivity contribution in [3.8, 4) is 0 Å². The van der Waals surface area contributed by atoms with Crippen LogP contribution in [-0.4, -0.2) is 12.7 Å². The van der Waals surface area contributed by atoms with E-state index in [9.17, 15) is 4.79 Å². The number of carbonyl (C=O) groups is 1. The van der Waals surface area contributed by atoms with Crippen molar-refractivity contribution in [2.24, 2.45) is 26.4 Å². The maximum absolute atomic E-state index is 11.2. The lowest BCUT2D eigenvalue weighted by molar-refractivity contribution is 0.133. The second-order valence-electron chi connectivity index (χ2n) is 5.41. The van der Waals surface area contributed by atoms with E-state index in [2.05, 4.69) is 20.7 Å². The van der Waals surface area contributed by atoms with E-state index in [4.69, 9.17) is 45.3 Å². The Balaban J connectivity index is 2.20. The van der Waals surface area contributed by atoms with Gasteiger partial charge >= 0.3 is 6.09 Å². The summed E-state index contributed by atoms with van der Waals surface area (Å²) in [5.74, 6) is -0.685. The van der Waals surface area contributed by atoms with Gasteiger partial charge in [0.2, 0.25) is 5.66 Å². The van der Waals surface area contributed by atoms with Crippen molar-refractivity contribution in [1.29, 1.82) is 0 Å². The van der Waals surface area contributed by atoms with Crippen LogP contribution in [0.25, 0.3) is 0 Å². The number of hydrogen-bond acceptors (Lipinski definition) is 6. The molecule has 2 aromatic rings. The normalized spacial score (nSPS) is 15.8. The fraction of sp³-hybridized carbons (Fsp3) is 0.188. The van der Waals surface area contributed by atoms with Gasteiger partial charge in [-0.25, -0.2) is 4.79 Å². The van der Waals surface area contributed by atoms with Crippen LogP contribution in [0.4, 0.5) is 4.79 Å². The maximum Gasteiger partial charge on any atom is 0.404 e. The largest absolute Gasteiger partial charge is 0.449 e. The summed E-state index contributed by atoms with van der Waals surface area (Å²) in [6.07, 6.45) is -0.943. The Morgan fingerprint density at radius 2 is 1.69 bits per heavy atom. The minimum Gasteiger partial charge on any atom is -0.449 e. The third-order valence-electron chi connectivity index (χ3n) is 3.94. The molecule has 0 saturated carbocycles. The molecule has 1 heterocycles. The molecule has 10 heteroatoms. The molecule has 26 heavy (non-hydrogen) atoms. The van der Waals surface area contributed by atoms with Crippen LogP contribution in [0.15, 0.2) is 63.1 Å². The lowest BCUT2D eigenvalue weighted by Gasteiger charge is -2.31. The molecule has 2 N–H and O–H groups in total. The third-order valence-corrected chi connectivity index (χ3v) is 5.10. The summed E-state index contributed by atoms with van der Waals surface area (Å²) < 4.78 is 5.04. The minimum atomic E-state index is -1.40. The third kappa shape index (κ3) is 3.38. The summed E-state index contributed by atoms with van der Waals surface area (Å²) in [5, 5.41) is 16.7. The van der Waals surface area contributed by atoms with Gasteiger partial charge in [-0.3, -0.25) is 0 Å². The van der Waals surface area contributed by atoms with Crippen molar-refractivity contribution < 1.29 is 9.53 Å². The molecule has 1 aliphatic heterocycles. The van der Waals surface area contributed by atoms with E-state index in [0.717, 1.165) is 0 Å². The molecular weight excluding hydrogens is 401 g/mol. The predicted molar refractivity (Wildman–Crippen MR) is 97.6 cm³/mol. The summed E-state index contributed by atoms with van der Waals surface area (Å²) in [5.41, 5.74) is 4.81. The number of nitrogens with two attached hydrogens (primary N) is 1. The van der Waals surface area contributed by atoms with Gasteiger partial charge in [-0.2, -0.15) is 0 Å². The van der Waals surface area contributed by atoms with Crippen molar-refractivity contribution in [2.45, 2.75) is 11.6 Å². The molecule has 2 aromatic carbocycles. The standard InChI is InChI=1S/C16H12Cl3N5O2/c17-12-6-2-1-4-9(12)11(8-26-15(20)25)16(21-23-24-22-16)10-5-3-7-13(18)14(10)19/h1-7,11H,8H2,(H2,20,25). The summed E-state index contributed by atoms with van der Waals surface area (Å²) in [6.45, 7) is -0.167. The van der Waals surface area contributed by atoms with E-state index in [1.165, 1.54) is 0 Å². The van der Waals surface area contributed by atoms with Gasteiger partial charge in [0, 0.05) is 10.6 Å². The Hall–Kier alpha value is -2.22. The van der Waals surface area contributed by atoms with E-state index in [0.29, 0.717) is 21.2 Å². The van der Waals surface area contributed by atoms with E-state index < -0.39 is 17.7 Å². The fourth-order valence-corrected chi connectivity index (χ4v) is 3.47. The summed E-state index contributed by atoms with van der Waals surface area (Å²) in [6, 6.07) is 12.1. The first kappa shape index (κ1) is 18.6. The van der Waals surface area contributed by atoms with Crippen molar-refractivity contribution in [2.75, 3.05) is 6.61 Å². The van der Waals surface area contributed by atoms with E-state index in [-0.39, 0.29) is 11.6 Å². The Morgan fingerprint density at radius 1 is 1.04 bits per heavy atom. The number of amides is 1. The van der Waals surface area contributed by atoms with Gasteiger partial charge in [0.25, 0.3) is 0 Å². The first-order chi connectivity index (χ1) is 12.5. The highest BCUT2D eigenvalue weighted by atomic mass is 35.5. The SMILES string of the molecule is NC(=O)OCC(c1ccccc1Cl)C1(c2cccc(Cl)c2Cl)N=NN=N1. The fourth-order valence-electron chi connectivity index (χ4n) is 2.77. The van der Waals surface area contributed by atoms with Gasteiger partial charge in [-0.15, -0.1) is 10.2 Å². The zero-order valence-corrected chi connectivity index (χ0v) is 15.4. The second kappa shape index (κ2) is 7.57. The Morgan fingerprint density at radius 3 is 2.35 bits per heavy atom. The first-order valence-electron chi connectivity index (χ1n) is 7.41. The van der Waals surface area contributed by atoms with E-state index in [1.54, 1.807) is 42.5 Å². The second-order valence-corrected chi connectivity index (χ2v) is 6.60. The van der Waals surface area contributed by atoms with Crippen LogP contribution in [0, 0.1) is 0 Å². The van der Waals surface area contributed by atoms with Gasteiger partial charge in [-0.1, -0.05) is 65.1 Å². The number of benzene rings is 2. The number of carbonyl (C=O) groups excluding carboxylic acids is 1. The van der Waals surface area contributed by atoms with Crippen molar-refractivity contribution >= 4 is 40.9 Å². The smallest absolute Gasteiger partial charge is 0.404 e. The van der Waals surface area contributed by atoms with Crippen LogP contribution in [0.2, 0.25) is 15.1 Å². The number of rotatable bonds is 5. The molecule has 0 fully saturated rings. The first-order valence-corrected chi connectivity index (χ1v) is 8.54. The van der Waals surface area contributed by atoms with Crippen LogP contribution in [-0.2, 0) is 10.4 Å². The van der Waals surface area contributed by atoms with E-state index in [1.807, 2.05) is 0 Å². The average molecular weight is 413 g/mol. The molecule has 3 rings (SSSR count). The number of nitrogens with zero attached hydrogens (tertiary/aromatic N) is 4. The van der Waals surface area contributed by atoms with Crippen LogP contribution in [0.5, 0.6) is 0 Å². The minimum absolute atomic E-state index is 0.167. The molecule has 1 amide bonds. The zero-order chi connectivity index (χ0) is 18.7. The molecule has 0 bridgehead atoms. The molecule has 0 aliphatic carbocycles. The summed E-state index contributed by atoms with van der Waals surface area (Å²) >= 11 is 18.9. The highest BCUT2D eigenvalue weighted by Crippen LogP contribution is 2.49. The average Bonchev–Trinajstić information content (AvgIpc) is 3.09. The lowest BCUT2D eigenvalue weighted by Crippen LogP contribution is -2.33. The highest BCUT2D eigenvalue weighted by Gasteiger charge is 2.48. The number of hydrogen-bond donors (Lipinski definition) is 1.